The number of anilines is 1. The number of pyridine rings is 1. The molecule has 2 aromatic heterocycles. The number of ether oxygens (including phenoxy) is 1. The molecule has 1 aliphatic carbocycles. The first-order valence-electron chi connectivity index (χ1n) is 10.1. The molecule has 0 fully saturated rings. The van der Waals surface area contributed by atoms with Crippen LogP contribution in [0.2, 0.25) is 0 Å². The summed E-state index contributed by atoms with van der Waals surface area (Å²) in [6.45, 7) is 6.90. The first-order chi connectivity index (χ1) is 13.1. The number of sulfone groups is 1. The van der Waals surface area contributed by atoms with Gasteiger partial charge >= 0.3 is 0 Å². The summed E-state index contributed by atoms with van der Waals surface area (Å²) in [5.41, 5.74) is 9.97. The molecule has 1 aliphatic rings. The number of nitrogen functional groups attached to an aromatic ring is 1. The second kappa shape index (κ2) is 7.99. The summed E-state index contributed by atoms with van der Waals surface area (Å²) >= 11 is 0. The van der Waals surface area contributed by atoms with Gasteiger partial charge in [0.15, 0.2) is 5.82 Å². The van der Waals surface area contributed by atoms with Crippen molar-refractivity contribution < 1.29 is 13.2 Å². The van der Waals surface area contributed by atoms with Gasteiger partial charge in [-0.25, -0.2) is 18.4 Å². The molecule has 0 aliphatic heterocycles. The second-order valence-corrected chi connectivity index (χ2v) is 10.7. The van der Waals surface area contributed by atoms with Gasteiger partial charge in [0.2, 0.25) is 0 Å². The average molecular weight is 409 g/mol. The van der Waals surface area contributed by atoms with Crippen molar-refractivity contribution in [3.8, 4) is 0 Å². The standard InChI is InChI=1S/C20H32N4O3S/c1-5-8-16-23-17-18(14-9-6-7-10-15(14)22-19(17)21)24(16)13-20(2,3)27-11-12-28(4,25)26/h5-13H2,1-4H3,(H2,21,22). The number of nitrogens with zero attached hydrogens (tertiary/aromatic N) is 3. The van der Waals surface area contributed by atoms with Crippen LogP contribution in [0.4, 0.5) is 5.82 Å². The molecule has 2 N–H and O–H groups in total. The van der Waals surface area contributed by atoms with Crippen LogP contribution in [-0.4, -0.2) is 47.2 Å². The van der Waals surface area contributed by atoms with Crippen molar-refractivity contribution in [1.29, 1.82) is 0 Å². The smallest absolute Gasteiger partial charge is 0.151 e. The van der Waals surface area contributed by atoms with Crippen LogP contribution in [-0.2, 0) is 40.4 Å². The van der Waals surface area contributed by atoms with Crippen LogP contribution < -0.4 is 5.73 Å². The number of rotatable bonds is 8. The Morgan fingerprint density at radius 3 is 2.61 bits per heavy atom. The maximum absolute atomic E-state index is 11.4. The van der Waals surface area contributed by atoms with Gasteiger partial charge < -0.3 is 15.0 Å². The molecule has 8 heteroatoms. The van der Waals surface area contributed by atoms with Crippen LogP contribution in [0.1, 0.15) is 57.1 Å². The minimum atomic E-state index is -3.05. The molecule has 0 aromatic carbocycles. The molecule has 0 radical (unpaired) electrons. The van der Waals surface area contributed by atoms with Crippen molar-refractivity contribution in [2.24, 2.45) is 0 Å². The molecule has 2 aromatic rings. The molecule has 0 saturated carbocycles. The van der Waals surface area contributed by atoms with Crippen LogP contribution in [0, 0.1) is 0 Å². The average Bonchev–Trinajstić information content (AvgIpc) is 2.93. The Bertz CT molecular complexity index is 964. The van der Waals surface area contributed by atoms with Gasteiger partial charge in [-0.2, -0.15) is 0 Å². The highest BCUT2D eigenvalue weighted by atomic mass is 32.2. The molecule has 3 rings (SSSR count). The van der Waals surface area contributed by atoms with Gasteiger partial charge in [-0.3, -0.25) is 0 Å². The Kier molecular flexibility index (Phi) is 6.00. The lowest BCUT2D eigenvalue weighted by molar-refractivity contribution is -0.0211. The summed E-state index contributed by atoms with van der Waals surface area (Å²) in [5, 5.41) is 0. The van der Waals surface area contributed by atoms with E-state index in [9.17, 15) is 8.42 Å². The number of aromatic nitrogens is 3. The molecular weight excluding hydrogens is 376 g/mol. The maximum atomic E-state index is 11.4. The van der Waals surface area contributed by atoms with Crippen molar-refractivity contribution in [1.82, 2.24) is 14.5 Å². The Morgan fingerprint density at radius 2 is 1.93 bits per heavy atom. The lowest BCUT2D eigenvalue weighted by Gasteiger charge is -2.28. The van der Waals surface area contributed by atoms with Crippen molar-refractivity contribution >= 4 is 26.7 Å². The molecule has 7 nitrogen and oxygen atoms in total. The van der Waals surface area contributed by atoms with Gasteiger partial charge in [0.25, 0.3) is 0 Å². The summed E-state index contributed by atoms with van der Waals surface area (Å²) in [6.07, 6.45) is 7.30. The quantitative estimate of drug-likeness (QED) is 0.721. The minimum absolute atomic E-state index is 0.0230. The highest BCUT2D eigenvalue weighted by molar-refractivity contribution is 7.90. The van der Waals surface area contributed by atoms with E-state index in [4.69, 9.17) is 15.5 Å². The number of imidazole rings is 1. The van der Waals surface area contributed by atoms with Crippen LogP contribution in [0.5, 0.6) is 0 Å². The number of nitrogens with two attached hydrogens (primary N) is 1. The summed E-state index contributed by atoms with van der Waals surface area (Å²) in [6, 6.07) is 0. The Morgan fingerprint density at radius 1 is 1.21 bits per heavy atom. The summed E-state index contributed by atoms with van der Waals surface area (Å²) in [7, 11) is -3.05. The molecule has 0 unspecified atom stereocenters. The fraction of sp³-hybridized carbons (Fsp3) is 0.700. The van der Waals surface area contributed by atoms with Crippen LogP contribution in [0.3, 0.4) is 0 Å². The van der Waals surface area contributed by atoms with E-state index in [2.05, 4.69) is 16.5 Å². The molecule has 0 atom stereocenters. The number of hydrogen-bond acceptors (Lipinski definition) is 6. The predicted octanol–water partition coefficient (Wildman–Crippen LogP) is 2.68. The van der Waals surface area contributed by atoms with Gasteiger partial charge in [-0.1, -0.05) is 6.92 Å². The Hall–Kier alpha value is -1.67. The van der Waals surface area contributed by atoms with Crippen LogP contribution >= 0.6 is 0 Å². The SMILES string of the molecule is CCCc1nc2c(N)nc3c(c2n1CC(C)(C)OCCS(C)(=O)=O)CCCC3. The molecule has 0 spiro atoms. The molecule has 0 saturated heterocycles. The summed E-state index contributed by atoms with van der Waals surface area (Å²) in [5.74, 6) is 1.52. The highest BCUT2D eigenvalue weighted by Crippen LogP contribution is 2.33. The third-order valence-corrected chi connectivity index (χ3v) is 6.14. The monoisotopic (exact) mass is 408 g/mol. The number of aryl methyl sites for hydroxylation is 3. The summed E-state index contributed by atoms with van der Waals surface area (Å²) in [4.78, 5) is 9.47. The largest absolute Gasteiger partial charge is 0.382 e. The molecule has 0 amide bonds. The Balaban J connectivity index is 2.00. The van der Waals surface area contributed by atoms with Crippen LogP contribution in [0.15, 0.2) is 0 Å². The van der Waals surface area contributed by atoms with Gasteiger partial charge in [0, 0.05) is 18.4 Å². The highest BCUT2D eigenvalue weighted by Gasteiger charge is 2.27. The number of fused-ring (bicyclic) bond motifs is 3. The van der Waals surface area contributed by atoms with Gasteiger partial charge in [0.05, 0.1) is 30.0 Å². The van der Waals surface area contributed by atoms with E-state index >= 15 is 0 Å². The zero-order chi connectivity index (χ0) is 20.5. The zero-order valence-electron chi connectivity index (χ0n) is 17.4. The van der Waals surface area contributed by atoms with E-state index in [1.54, 1.807) is 0 Å². The third-order valence-electron chi connectivity index (χ3n) is 5.23. The van der Waals surface area contributed by atoms with Crippen molar-refractivity contribution in [2.75, 3.05) is 24.3 Å². The minimum Gasteiger partial charge on any atom is -0.382 e. The maximum Gasteiger partial charge on any atom is 0.151 e. The third kappa shape index (κ3) is 4.66. The molecule has 28 heavy (non-hydrogen) atoms. The van der Waals surface area contributed by atoms with E-state index < -0.39 is 15.4 Å². The molecule has 2 heterocycles. The van der Waals surface area contributed by atoms with E-state index in [0.29, 0.717) is 12.4 Å². The fourth-order valence-electron chi connectivity index (χ4n) is 3.93. The second-order valence-electron chi connectivity index (χ2n) is 8.43. The van der Waals surface area contributed by atoms with Gasteiger partial charge in [-0.05, 0) is 51.5 Å². The number of hydrogen-bond donors (Lipinski definition) is 1. The lowest BCUT2D eigenvalue weighted by atomic mass is 9.94. The van der Waals surface area contributed by atoms with E-state index in [-0.39, 0.29) is 12.4 Å². The van der Waals surface area contributed by atoms with Crippen LogP contribution in [0.25, 0.3) is 11.0 Å². The normalized spacial score (nSPS) is 15.1. The van der Waals surface area contributed by atoms with E-state index in [0.717, 1.165) is 61.1 Å². The molecular formula is C20H32N4O3S. The van der Waals surface area contributed by atoms with E-state index in [1.807, 2.05) is 13.8 Å². The molecule has 156 valence electrons. The van der Waals surface area contributed by atoms with Crippen molar-refractivity contribution in [2.45, 2.75) is 71.4 Å². The Labute approximate surface area is 167 Å². The first kappa shape index (κ1) is 21.0. The summed E-state index contributed by atoms with van der Waals surface area (Å²) < 4.78 is 31.1. The first-order valence-corrected chi connectivity index (χ1v) is 12.2. The van der Waals surface area contributed by atoms with Gasteiger partial charge in [-0.15, -0.1) is 0 Å². The zero-order valence-corrected chi connectivity index (χ0v) is 18.2. The van der Waals surface area contributed by atoms with Crippen molar-refractivity contribution in [3.63, 3.8) is 0 Å². The van der Waals surface area contributed by atoms with Gasteiger partial charge in [0.1, 0.15) is 21.2 Å². The van der Waals surface area contributed by atoms with Crippen molar-refractivity contribution in [3.05, 3.63) is 17.1 Å². The lowest BCUT2D eigenvalue weighted by Crippen LogP contribution is -2.33. The van der Waals surface area contributed by atoms with E-state index in [1.165, 1.54) is 11.8 Å². The topological polar surface area (TPSA) is 100 Å². The predicted molar refractivity (Wildman–Crippen MR) is 112 cm³/mol. The molecule has 0 bridgehead atoms. The fourth-order valence-corrected chi connectivity index (χ4v) is 4.32.